The molecule has 8 heteroatoms. The molecule has 2 saturated carbocycles. The minimum absolute atomic E-state index is 0.0386. The van der Waals surface area contributed by atoms with E-state index in [1.807, 2.05) is 13.8 Å². The van der Waals surface area contributed by atoms with Gasteiger partial charge < -0.3 is 10.6 Å². The summed E-state index contributed by atoms with van der Waals surface area (Å²) in [4.78, 5) is 24.0. The van der Waals surface area contributed by atoms with Crippen LogP contribution in [0.25, 0.3) is 0 Å². The van der Waals surface area contributed by atoms with Gasteiger partial charge in [0.15, 0.2) is 0 Å². The van der Waals surface area contributed by atoms with Gasteiger partial charge >= 0.3 is 0 Å². The summed E-state index contributed by atoms with van der Waals surface area (Å²) in [6.45, 7) is 4.98. The average Bonchev–Trinajstić information content (AvgIpc) is 3.08. The second-order valence-electron chi connectivity index (χ2n) is 6.29. The second kappa shape index (κ2) is 5.74. The first-order valence-electron chi connectivity index (χ1n) is 6.79. The summed E-state index contributed by atoms with van der Waals surface area (Å²) in [6.07, 6.45) is 2.28. The number of hydrogen-bond donors (Lipinski definition) is 2. The summed E-state index contributed by atoms with van der Waals surface area (Å²) < 4.78 is -0.526. The smallest absolute Gasteiger partial charge is 0.228 e. The Bertz CT molecular complexity index is 441. The molecule has 0 saturated heterocycles. The van der Waals surface area contributed by atoms with Gasteiger partial charge in [-0.15, -0.1) is 0 Å². The minimum Gasteiger partial charge on any atom is -0.355 e. The Labute approximate surface area is 158 Å². The van der Waals surface area contributed by atoms with E-state index in [9.17, 15) is 9.59 Å². The molecule has 120 valence electrons. The maximum atomic E-state index is 12.0. The Balaban J connectivity index is 1.61. The topological polar surface area (TPSA) is 58.2 Å². The molecule has 2 aliphatic carbocycles. The van der Waals surface area contributed by atoms with E-state index in [4.69, 9.17) is 0 Å². The Morgan fingerprint density at radius 3 is 1.38 bits per heavy atom. The van der Waals surface area contributed by atoms with Crippen LogP contribution in [0.4, 0.5) is 0 Å². The van der Waals surface area contributed by atoms with E-state index in [1.165, 1.54) is 0 Å². The van der Waals surface area contributed by atoms with Crippen molar-refractivity contribution in [3.05, 3.63) is 0 Å². The molecule has 0 unspecified atom stereocenters. The lowest BCUT2D eigenvalue weighted by molar-refractivity contribution is -0.125. The highest BCUT2D eigenvalue weighted by atomic mass is 79.9. The van der Waals surface area contributed by atoms with Crippen molar-refractivity contribution in [1.82, 2.24) is 10.6 Å². The molecular weight excluding hydrogens is 536 g/mol. The van der Waals surface area contributed by atoms with Crippen LogP contribution in [0.5, 0.6) is 0 Å². The molecule has 0 aromatic carbocycles. The largest absolute Gasteiger partial charge is 0.355 e. The summed E-state index contributed by atoms with van der Waals surface area (Å²) in [5.74, 6) is 0.0772. The van der Waals surface area contributed by atoms with Crippen LogP contribution >= 0.6 is 63.7 Å². The number of rotatable bonds is 6. The molecule has 0 aromatic heterocycles. The zero-order valence-electron chi connectivity index (χ0n) is 11.9. The Morgan fingerprint density at radius 2 is 1.14 bits per heavy atom. The van der Waals surface area contributed by atoms with Gasteiger partial charge in [-0.05, 0) is 33.1 Å². The predicted molar refractivity (Wildman–Crippen MR) is 97.3 cm³/mol. The monoisotopic (exact) mass is 550 g/mol. The number of carbonyl (C=O) groups excluding carboxylic acids is 2. The Hall–Kier alpha value is 0.860. The molecule has 0 aliphatic heterocycles. The van der Waals surface area contributed by atoms with Crippen molar-refractivity contribution in [3.63, 3.8) is 0 Å². The number of carbonyl (C=O) groups is 2. The first-order chi connectivity index (χ1) is 9.46. The van der Waals surface area contributed by atoms with Crippen LogP contribution in [0.2, 0.25) is 0 Å². The number of hydrogen-bond acceptors (Lipinski definition) is 2. The van der Waals surface area contributed by atoms with Gasteiger partial charge in [-0.2, -0.15) is 0 Å². The molecule has 2 rings (SSSR count). The second-order valence-corrected chi connectivity index (χ2v) is 13.8. The lowest BCUT2D eigenvalue weighted by Crippen LogP contribution is -2.37. The van der Waals surface area contributed by atoms with Gasteiger partial charge in [0.05, 0.1) is 17.3 Å². The fourth-order valence-corrected chi connectivity index (χ4v) is 5.14. The van der Waals surface area contributed by atoms with Gasteiger partial charge in [-0.3, -0.25) is 9.59 Å². The fraction of sp³-hybridized carbons (Fsp3) is 0.846. The third kappa shape index (κ3) is 3.38. The molecule has 2 N–H and O–H groups in total. The van der Waals surface area contributed by atoms with E-state index in [-0.39, 0.29) is 29.1 Å². The third-order valence-electron chi connectivity index (χ3n) is 4.44. The molecule has 2 atom stereocenters. The normalized spacial score (nSPS) is 35.0. The van der Waals surface area contributed by atoms with Crippen LogP contribution in [0.3, 0.4) is 0 Å². The summed E-state index contributed by atoms with van der Waals surface area (Å²) in [7, 11) is 0. The summed E-state index contributed by atoms with van der Waals surface area (Å²) in [6, 6.07) is 0. The minimum atomic E-state index is -0.386. The molecule has 0 heterocycles. The average molecular weight is 554 g/mol. The van der Waals surface area contributed by atoms with Crippen molar-refractivity contribution < 1.29 is 9.59 Å². The molecule has 21 heavy (non-hydrogen) atoms. The van der Waals surface area contributed by atoms with Crippen LogP contribution < -0.4 is 10.6 Å². The number of nitrogens with one attached hydrogen (secondary N) is 2. The molecule has 2 aliphatic rings. The lowest BCUT2D eigenvalue weighted by Gasteiger charge is -2.14. The first kappa shape index (κ1) is 18.2. The van der Waals surface area contributed by atoms with Gasteiger partial charge in [-0.25, -0.2) is 0 Å². The Kier molecular flexibility index (Phi) is 4.98. The van der Waals surface area contributed by atoms with Crippen LogP contribution in [-0.4, -0.2) is 31.4 Å². The van der Waals surface area contributed by atoms with Crippen molar-refractivity contribution in [2.75, 3.05) is 13.1 Å². The summed E-state index contributed by atoms with van der Waals surface area (Å²) in [5.41, 5.74) is -0.771. The van der Waals surface area contributed by atoms with E-state index in [0.29, 0.717) is 13.1 Å². The highest BCUT2D eigenvalue weighted by molar-refractivity contribution is 9.26. The fourth-order valence-electron chi connectivity index (χ4n) is 2.17. The van der Waals surface area contributed by atoms with Crippen molar-refractivity contribution in [3.8, 4) is 0 Å². The molecule has 2 amide bonds. The first-order valence-corrected chi connectivity index (χ1v) is 9.96. The van der Waals surface area contributed by atoms with Crippen LogP contribution in [0.15, 0.2) is 0 Å². The highest BCUT2D eigenvalue weighted by Crippen LogP contribution is 2.67. The van der Waals surface area contributed by atoms with Gasteiger partial charge in [0, 0.05) is 13.1 Å². The molecule has 0 radical (unpaired) electrons. The SMILES string of the molecule is C[C@@]1(C(=O)NCCCNC(=O)[C@]2(C)CC2(Br)Br)CC1(Br)Br. The number of amides is 2. The lowest BCUT2D eigenvalue weighted by atomic mass is 10.1. The van der Waals surface area contributed by atoms with E-state index >= 15 is 0 Å². The van der Waals surface area contributed by atoms with Crippen molar-refractivity contribution >= 4 is 75.5 Å². The van der Waals surface area contributed by atoms with Gasteiger partial charge in [-0.1, -0.05) is 63.7 Å². The molecular formula is C13H18Br4N2O2. The van der Waals surface area contributed by atoms with E-state index in [1.54, 1.807) is 0 Å². The predicted octanol–water partition coefficient (Wildman–Crippen LogP) is 3.40. The maximum Gasteiger partial charge on any atom is 0.228 e. The number of alkyl halides is 4. The molecule has 2 fully saturated rings. The summed E-state index contributed by atoms with van der Waals surface area (Å²) >= 11 is 13.9. The maximum absolute atomic E-state index is 12.0. The summed E-state index contributed by atoms with van der Waals surface area (Å²) in [5, 5.41) is 5.83. The Morgan fingerprint density at radius 1 is 0.857 bits per heavy atom. The zero-order valence-corrected chi connectivity index (χ0v) is 18.2. The van der Waals surface area contributed by atoms with E-state index in [0.717, 1.165) is 19.3 Å². The van der Waals surface area contributed by atoms with E-state index in [2.05, 4.69) is 74.4 Å². The number of halogens is 4. The zero-order chi connectivity index (χ0) is 16.1. The van der Waals surface area contributed by atoms with E-state index < -0.39 is 0 Å². The van der Waals surface area contributed by atoms with Crippen molar-refractivity contribution in [1.29, 1.82) is 0 Å². The quantitative estimate of drug-likeness (QED) is 0.391. The van der Waals surface area contributed by atoms with Crippen LogP contribution in [0.1, 0.15) is 33.1 Å². The van der Waals surface area contributed by atoms with Crippen molar-refractivity contribution in [2.45, 2.75) is 39.6 Å². The van der Waals surface area contributed by atoms with Crippen molar-refractivity contribution in [2.24, 2.45) is 10.8 Å². The van der Waals surface area contributed by atoms with Gasteiger partial charge in [0.2, 0.25) is 11.8 Å². The standard InChI is InChI=1S/C13H18Br4N2O2/c1-10(6-12(10,14)15)8(20)18-4-3-5-19-9(21)11(2)7-13(11,16)17/h3-7H2,1-2H3,(H,18,20)(H,19,21)/t10-,11-/m0/s1. The highest BCUT2D eigenvalue weighted by Gasteiger charge is 2.67. The van der Waals surface area contributed by atoms with Gasteiger partial charge in [0.25, 0.3) is 0 Å². The molecule has 0 spiro atoms. The molecule has 0 bridgehead atoms. The molecule has 4 nitrogen and oxygen atoms in total. The van der Waals surface area contributed by atoms with Crippen LogP contribution in [0, 0.1) is 10.8 Å². The van der Waals surface area contributed by atoms with Gasteiger partial charge in [0.1, 0.15) is 0 Å². The third-order valence-corrected chi connectivity index (χ3v) is 9.06. The van der Waals surface area contributed by atoms with Crippen LogP contribution in [-0.2, 0) is 9.59 Å². The molecule has 0 aromatic rings.